The van der Waals surface area contributed by atoms with E-state index < -0.39 is 73.7 Å². The lowest BCUT2D eigenvalue weighted by Gasteiger charge is -2.47. The van der Waals surface area contributed by atoms with Gasteiger partial charge in [0.25, 0.3) is 0 Å². The van der Waals surface area contributed by atoms with Gasteiger partial charge >= 0.3 is 5.97 Å². The Hall–Kier alpha value is -3.48. The van der Waals surface area contributed by atoms with E-state index in [0.717, 1.165) is 28.0 Å². The number of halogens is 1. The molecular weight excluding hydrogens is 907 g/mol. The fraction of sp³-hybridized carbons (Fsp3) is 0.490. The molecule has 3 aliphatic rings. The van der Waals surface area contributed by atoms with Gasteiger partial charge in [0, 0.05) is 19.8 Å². The summed E-state index contributed by atoms with van der Waals surface area (Å²) in [7, 11) is 1.64. The van der Waals surface area contributed by atoms with Crippen molar-refractivity contribution in [2.75, 3.05) is 7.11 Å². The van der Waals surface area contributed by atoms with E-state index in [1.54, 1.807) is 7.11 Å². The van der Waals surface area contributed by atoms with E-state index in [2.05, 4.69) is 22.6 Å². The zero-order chi connectivity index (χ0) is 43.4. The molecule has 62 heavy (non-hydrogen) atoms. The highest BCUT2D eigenvalue weighted by molar-refractivity contribution is 14.1. The van der Waals surface area contributed by atoms with Gasteiger partial charge in [-0.05, 0) is 55.2 Å². The number of carbonyl (C=O) groups excluding carboxylic acids is 1. The summed E-state index contributed by atoms with van der Waals surface area (Å²) in [6, 6.07) is 37.8. The quantitative estimate of drug-likeness (QED) is 0.0541. The van der Waals surface area contributed by atoms with Crippen LogP contribution in [0.1, 0.15) is 62.8 Å². The van der Waals surface area contributed by atoms with Crippen molar-refractivity contribution in [1.82, 2.24) is 0 Å². The fourth-order valence-electron chi connectivity index (χ4n) is 8.14. The number of hydrogen-bond donors (Lipinski definition) is 0. The predicted octanol–water partition coefficient (Wildman–Crippen LogP) is 8.49. The Morgan fingerprint density at radius 3 is 1.50 bits per heavy atom. The van der Waals surface area contributed by atoms with Gasteiger partial charge in [0.2, 0.25) is 0 Å². The summed E-state index contributed by atoms with van der Waals surface area (Å²) >= 11 is 2.30. The van der Waals surface area contributed by atoms with Crippen LogP contribution in [0.15, 0.2) is 115 Å². The van der Waals surface area contributed by atoms with Gasteiger partial charge in [0.05, 0.1) is 68.0 Å². The Morgan fingerprint density at radius 2 is 0.984 bits per heavy atom. The molecule has 0 amide bonds. The predicted molar refractivity (Wildman–Crippen MR) is 238 cm³/mol. The van der Waals surface area contributed by atoms with Gasteiger partial charge in [-0.1, -0.05) is 126 Å². The molecule has 3 saturated heterocycles. The molecule has 0 spiro atoms. The van der Waals surface area contributed by atoms with Gasteiger partial charge in [0.1, 0.15) is 24.1 Å². The number of rotatable bonds is 18. The molecule has 12 nitrogen and oxygen atoms in total. The summed E-state index contributed by atoms with van der Waals surface area (Å²) in [5, 5.41) is 0. The zero-order valence-corrected chi connectivity index (χ0v) is 38.2. The first-order chi connectivity index (χ1) is 30.1. The molecule has 3 fully saturated rings. The van der Waals surface area contributed by atoms with E-state index in [0.29, 0.717) is 39.3 Å². The molecule has 0 aliphatic carbocycles. The van der Waals surface area contributed by atoms with Crippen molar-refractivity contribution in [2.45, 2.75) is 145 Å². The highest BCUT2D eigenvalue weighted by Gasteiger charge is 2.50. The number of methoxy groups -OCH3 is 1. The van der Waals surface area contributed by atoms with Crippen molar-refractivity contribution in [2.24, 2.45) is 0 Å². The normalized spacial score (nSPS) is 31.3. The second kappa shape index (κ2) is 22.9. The highest BCUT2D eigenvalue weighted by atomic mass is 127. The van der Waals surface area contributed by atoms with E-state index in [1.807, 2.05) is 136 Å². The molecule has 13 heteroatoms. The molecule has 0 unspecified atom stereocenters. The minimum absolute atomic E-state index is 0.313. The lowest BCUT2D eigenvalue weighted by atomic mass is 9.99. The number of carbonyl (C=O) groups is 1. The lowest BCUT2D eigenvalue weighted by Crippen LogP contribution is -2.60. The maximum atomic E-state index is 12.3. The van der Waals surface area contributed by atoms with Gasteiger partial charge in [0.15, 0.2) is 25.0 Å². The third kappa shape index (κ3) is 12.8. The van der Waals surface area contributed by atoms with Crippen molar-refractivity contribution in [3.8, 4) is 5.75 Å². The number of ether oxygens (including phenoxy) is 11. The van der Waals surface area contributed by atoms with Gasteiger partial charge in [-0.25, -0.2) is 0 Å². The SMILES string of the molecule is COc1ccc(CO[C@H]2[C@H](C)O[C@@H](O[C@@H]3C[C@H](OCc4ccccc4)O[C@@H](C)[C@@H]3OCc3ccccc3)C[C@H]2O[C@@H]2O[C@@H](C)[C@H](OC(C)=O)[C@H](OCc3ccccc3)[C@H]2I)cc1. The van der Waals surface area contributed by atoms with Crippen molar-refractivity contribution in [3.63, 3.8) is 0 Å². The molecular formula is C49H59IO12. The standard InChI is InChI=1S/C49H59IO12/c1-31-45(54-28-36-17-11-7-12-18-36)40(25-42(57-31)53-27-35-15-9-6-10-16-35)61-43-26-41(46(32(2)58-43)55-30-38-21-23-39(52-5)24-22-38)62-49-44(50)48(47(33(3)59-49)60-34(4)51)56-29-37-19-13-8-14-20-37/h6-24,31-33,40-49H,25-30H2,1-5H3/t31-,32-,33-,40+,41+,42+,43-,44+,45-,46-,47-,48+,49-/m0/s1. The van der Waals surface area contributed by atoms with Crippen LogP contribution in [0.4, 0.5) is 0 Å². The second-order valence-electron chi connectivity index (χ2n) is 16.0. The van der Waals surface area contributed by atoms with Crippen LogP contribution in [0.5, 0.6) is 5.75 Å². The number of esters is 1. The topological polar surface area (TPSA) is 119 Å². The van der Waals surface area contributed by atoms with E-state index >= 15 is 0 Å². The Labute approximate surface area is 378 Å². The molecule has 4 aromatic carbocycles. The van der Waals surface area contributed by atoms with Crippen LogP contribution < -0.4 is 4.74 Å². The summed E-state index contributed by atoms with van der Waals surface area (Å²) in [6.07, 6.45) is -5.64. The maximum Gasteiger partial charge on any atom is 0.303 e. The molecule has 0 N–H and O–H groups in total. The molecule has 0 radical (unpaired) electrons. The van der Waals surface area contributed by atoms with Gasteiger partial charge in [-0.2, -0.15) is 0 Å². The number of hydrogen-bond acceptors (Lipinski definition) is 12. The van der Waals surface area contributed by atoms with Crippen LogP contribution in [0, 0.1) is 0 Å². The molecule has 13 atom stereocenters. The maximum absolute atomic E-state index is 12.3. The Kier molecular flexibility index (Phi) is 17.2. The zero-order valence-electron chi connectivity index (χ0n) is 36.0. The summed E-state index contributed by atoms with van der Waals surface area (Å²) in [5.74, 6) is 0.353. The molecule has 0 aromatic heterocycles. The number of benzene rings is 4. The fourth-order valence-corrected chi connectivity index (χ4v) is 9.09. The molecule has 4 aromatic rings. The van der Waals surface area contributed by atoms with Crippen molar-refractivity contribution >= 4 is 28.6 Å². The molecule has 3 aliphatic heterocycles. The number of alkyl halides is 1. The smallest absolute Gasteiger partial charge is 0.303 e. The first-order valence-electron chi connectivity index (χ1n) is 21.4. The average Bonchev–Trinajstić information content (AvgIpc) is 3.27. The van der Waals surface area contributed by atoms with Gasteiger partial charge in [-0.3, -0.25) is 4.79 Å². The third-order valence-corrected chi connectivity index (χ3v) is 12.6. The average molecular weight is 967 g/mol. The monoisotopic (exact) mass is 966 g/mol. The van der Waals surface area contributed by atoms with Crippen molar-refractivity contribution < 1.29 is 56.9 Å². The molecule has 0 bridgehead atoms. The van der Waals surface area contributed by atoms with Crippen LogP contribution in [0.3, 0.4) is 0 Å². The highest BCUT2D eigenvalue weighted by Crippen LogP contribution is 2.37. The minimum atomic E-state index is -0.748. The van der Waals surface area contributed by atoms with Crippen molar-refractivity contribution in [1.29, 1.82) is 0 Å². The summed E-state index contributed by atoms with van der Waals surface area (Å²) < 4.78 is 70.5. The van der Waals surface area contributed by atoms with Gasteiger partial charge in [-0.15, -0.1) is 0 Å². The first-order valence-corrected chi connectivity index (χ1v) is 22.7. The Bertz CT molecular complexity index is 1920. The molecule has 334 valence electrons. The Morgan fingerprint density at radius 1 is 0.548 bits per heavy atom. The summed E-state index contributed by atoms with van der Waals surface area (Å²) in [5.41, 5.74) is 4.07. The van der Waals surface area contributed by atoms with E-state index in [4.69, 9.17) is 52.1 Å². The lowest BCUT2D eigenvalue weighted by molar-refractivity contribution is -0.334. The second-order valence-corrected chi connectivity index (χ2v) is 17.5. The largest absolute Gasteiger partial charge is 0.497 e. The third-order valence-electron chi connectivity index (χ3n) is 11.3. The van der Waals surface area contributed by atoms with E-state index in [-0.39, 0.29) is 10.0 Å². The van der Waals surface area contributed by atoms with Crippen LogP contribution in [-0.2, 0) is 78.6 Å². The molecule has 0 saturated carbocycles. The summed E-state index contributed by atoms with van der Waals surface area (Å²) in [4.78, 5) is 12.3. The molecule has 3 heterocycles. The first kappa shape index (κ1) is 46.5. The van der Waals surface area contributed by atoms with E-state index in [9.17, 15) is 4.79 Å². The van der Waals surface area contributed by atoms with Crippen LogP contribution in [0.25, 0.3) is 0 Å². The van der Waals surface area contributed by atoms with Crippen molar-refractivity contribution in [3.05, 3.63) is 138 Å². The minimum Gasteiger partial charge on any atom is -0.497 e. The van der Waals surface area contributed by atoms with E-state index in [1.165, 1.54) is 6.92 Å². The van der Waals surface area contributed by atoms with Crippen LogP contribution >= 0.6 is 22.6 Å². The van der Waals surface area contributed by atoms with Crippen LogP contribution in [0.2, 0.25) is 0 Å². The Balaban J connectivity index is 1.11. The van der Waals surface area contributed by atoms with Gasteiger partial charge < -0.3 is 52.1 Å². The van der Waals surface area contributed by atoms with Crippen LogP contribution in [-0.4, -0.2) is 90.8 Å². The molecule has 7 rings (SSSR count). The summed E-state index contributed by atoms with van der Waals surface area (Å²) in [6.45, 7) is 8.66.